The van der Waals surface area contributed by atoms with Gasteiger partial charge in [0.1, 0.15) is 0 Å². The van der Waals surface area contributed by atoms with Crippen LogP contribution >= 0.6 is 127 Å². The van der Waals surface area contributed by atoms with E-state index in [4.69, 9.17) is 10.8 Å². The lowest BCUT2D eigenvalue weighted by atomic mass is 10.1. The lowest BCUT2D eigenvalue weighted by Gasteiger charge is -2.15. The summed E-state index contributed by atoms with van der Waals surface area (Å²) in [5.74, 6) is -3.12. The Morgan fingerprint density at radius 1 is 0.725 bits per heavy atom. The maximum Gasteiger partial charge on any atom is 0.348 e. The van der Waals surface area contributed by atoms with Gasteiger partial charge in [0, 0.05) is 48.9 Å². The number of hydrogen-bond acceptors (Lipinski definition) is 8. The number of hydrogen-bond donors (Lipinski definition) is 5. The van der Waals surface area contributed by atoms with E-state index in [0.717, 1.165) is 0 Å². The van der Waals surface area contributed by atoms with Crippen LogP contribution in [-0.4, -0.2) is 64.4 Å². The number of rotatable bonds is 5. The summed E-state index contributed by atoms with van der Waals surface area (Å²) < 4.78 is 8.39. The summed E-state index contributed by atoms with van der Waals surface area (Å²) in [6.07, 6.45) is -1.07. The predicted octanol–water partition coefficient (Wildman–Crippen LogP) is 6.92. The zero-order valence-electron chi connectivity index (χ0n) is 20.1. The van der Waals surface area contributed by atoms with Crippen LogP contribution < -0.4 is 11.1 Å². The number of carboxylic acids is 1. The minimum atomic E-state index is -1.24. The van der Waals surface area contributed by atoms with Gasteiger partial charge in [-0.25, -0.2) is 14.4 Å². The van der Waals surface area contributed by atoms with Crippen LogP contribution in [0.4, 0.5) is 0 Å². The van der Waals surface area contributed by atoms with E-state index < -0.39 is 29.9 Å². The molecule has 2 atom stereocenters. The van der Waals surface area contributed by atoms with Gasteiger partial charge in [0.05, 0.1) is 34.5 Å². The van der Waals surface area contributed by atoms with Crippen LogP contribution in [0.5, 0.6) is 0 Å². The fraction of sp³-hybridized carbons (Fsp3) is 0.273. The molecule has 0 bridgehead atoms. The Balaban J connectivity index is 0.000000351. The van der Waals surface area contributed by atoms with Gasteiger partial charge in [-0.2, -0.15) is 0 Å². The normalized spacial score (nSPS) is 13.2. The number of carbonyl (C=O) groups is 4. The first kappa shape index (κ1) is 38.3. The molecule has 1 aliphatic heterocycles. The van der Waals surface area contributed by atoms with Gasteiger partial charge in [0.25, 0.3) is 5.91 Å². The Kier molecular flexibility index (Phi) is 16.2. The van der Waals surface area contributed by atoms with Crippen molar-refractivity contribution in [3.63, 3.8) is 0 Å². The largest absolute Gasteiger partial charge is 0.478 e. The Bertz CT molecular complexity index is 1310. The molecule has 1 amide bonds. The average Bonchev–Trinajstić information content (AvgIpc) is 3.19. The molecule has 0 saturated heterocycles. The summed E-state index contributed by atoms with van der Waals surface area (Å²) in [6.45, 7) is 3.55. The monoisotopic (exact) mass is 1070 g/mol. The third-order valence-electron chi connectivity index (χ3n) is 4.47. The highest BCUT2D eigenvalue weighted by Crippen LogP contribution is 2.45. The molecule has 220 valence electrons. The molecule has 0 fully saturated rings. The van der Waals surface area contributed by atoms with Crippen LogP contribution in [0.25, 0.3) is 0 Å². The second-order valence-corrected chi connectivity index (χ2v) is 14.0. The summed E-state index contributed by atoms with van der Waals surface area (Å²) >= 11 is 25.9. The van der Waals surface area contributed by atoms with Crippen LogP contribution in [0.2, 0.25) is 0 Å². The van der Waals surface area contributed by atoms with Crippen molar-refractivity contribution in [1.29, 1.82) is 0 Å². The molecule has 0 radical (unpaired) electrons. The van der Waals surface area contributed by atoms with Crippen LogP contribution in [0.3, 0.4) is 0 Å². The molecule has 1 heterocycles. The molecule has 2 aromatic carbocycles. The number of benzene rings is 2. The fourth-order valence-electron chi connectivity index (χ4n) is 2.58. The van der Waals surface area contributed by atoms with E-state index in [2.05, 4.69) is 137 Å². The average molecular weight is 1080 g/mol. The van der Waals surface area contributed by atoms with Gasteiger partial charge in [0.2, 0.25) is 0 Å². The van der Waals surface area contributed by atoms with Crippen LogP contribution in [0, 0.1) is 0 Å². The lowest BCUT2D eigenvalue weighted by Crippen LogP contribution is -2.32. The Morgan fingerprint density at radius 3 is 1.40 bits per heavy atom. The van der Waals surface area contributed by atoms with Gasteiger partial charge < -0.3 is 31.1 Å². The van der Waals surface area contributed by atoms with Crippen molar-refractivity contribution < 1.29 is 39.2 Å². The van der Waals surface area contributed by atoms with E-state index >= 15 is 0 Å². The third kappa shape index (κ3) is 9.37. The molecule has 0 aromatic heterocycles. The first-order chi connectivity index (χ1) is 18.4. The number of ether oxygens (including phenoxy) is 1. The molecular weight excluding hydrogens is 1060 g/mol. The zero-order chi connectivity index (χ0) is 31.2. The van der Waals surface area contributed by atoms with E-state index in [9.17, 15) is 29.4 Å². The van der Waals surface area contributed by atoms with E-state index in [-0.39, 0.29) is 39.4 Å². The topological polar surface area (TPSA) is 176 Å². The quantitative estimate of drug-likeness (QED) is 0.0922. The van der Waals surface area contributed by atoms with E-state index in [0.29, 0.717) is 37.9 Å². The maximum atomic E-state index is 12.1. The number of esters is 2. The number of aliphatic hydroxyl groups is 2. The number of fused-ring (bicyclic) bond motifs is 1. The molecule has 10 nitrogen and oxygen atoms in total. The predicted molar refractivity (Wildman–Crippen MR) is 176 cm³/mol. The van der Waals surface area contributed by atoms with Crippen molar-refractivity contribution >= 4 is 151 Å². The van der Waals surface area contributed by atoms with Crippen molar-refractivity contribution in [1.82, 2.24) is 5.32 Å². The molecule has 0 aliphatic carbocycles. The highest BCUT2D eigenvalue weighted by atomic mass is 79.9. The van der Waals surface area contributed by atoms with Crippen molar-refractivity contribution in [2.24, 2.45) is 5.73 Å². The smallest absolute Gasteiger partial charge is 0.348 e. The maximum absolute atomic E-state index is 12.1. The number of aromatic carboxylic acids is 1. The number of cyclic esters (lactones) is 2. The number of aliphatic hydroxyl groups excluding tert-OH is 2. The van der Waals surface area contributed by atoms with Gasteiger partial charge in [-0.15, -0.1) is 0 Å². The molecular formula is C22H18Br8N2O8. The number of carboxylic acid groups (broad SMARTS) is 1. The van der Waals surface area contributed by atoms with Crippen molar-refractivity contribution in [3.05, 3.63) is 58.0 Å². The molecule has 0 saturated carbocycles. The summed E-state index contributed by atoms with van der Waals surface area (Å²) in [5.41, 5.74) is 5.20. The van der Waals surface area contributed by atoms with Gasteiger partial charge in [-0.1, -0.05) is 0 Å². The number of nitrogens with one attached hydrogen (secondary N) is 1. The second kappa shape index (κ2) is 16.9. The Labute approximate surface area is 295 Å². The van der Waals surface area contributed by atoms with E-state index in [1.807, 2.05) is 0 Å². The highest BCUT2D eigenvalue weighted by Gasteiger charge is 2.36. The molecule has 18 heteroatoms. The molecule has 2 unspecified atom stereocenters. The van der Waals surface area contributed by atoms with Gasteiger partial charge in [-0.3, -0.25) is 4.79 Å². The summed E-state index contributed by atoms with van der Waals surface area (Å²) in [7, 11) is 0. The molecule has 40 heavy (non-hydrogen) atoms. The number of carbonyl (C=O) groups excluding carboxylic acids is 3. The third-order valence-corrected chi connectivity index (χ3v) is 14.0. The van der Waals surface area contributed by atoms with Gasteiger partial charge in [-0.05, 0) is 141 Å². The Hall–Kier alpha value is 0.240. The Morgan fingerprint density at radius 2 is 1.07 bits per heavy atom. The second-order valence-electron chi connectivity index (χ2n) is 7.64. The molecule has 1 aliphatic rings. The van der Waals surface area contributed by atoms with Crippen LogP contribution in [0.15, 0.2) is 35.8 Å². The number of halogens is 8. The summed E-state index contributed by atoms with van der Waals surface area (Å²) in [6, 6.07) is 0. The molecule has 2 aromatic rings. The molecule has 6 N–H and O–H groups in total. The highest BCUT2D eigenvalue weighted by molar-refractivity contribution is 9.15. The lowest BCUT2D eigenvalue weighted by molar-refractivity contribution is 0.0442. The first-order valence-corrected chi connectivity index (χ1v) is 16.8. The van der Waals surface area contributed by atoms with Crippen molar-refractivity contribution in [3.8, 4) is 0 Å². The van der Waals surface area contributed by atoms with E-state index in [1.54, 1.807) is 6.92 Å². The van der Waals surface area contributed by atoms with Crippen LogP contribution in [0.1, 0.15) is 55.3 Å². The van der Waals surface area contributed by atoms with Crippen molar-refractivity contribution in [2.45, 2.75) is 26.1 Å². The number of nitrogens with two attached hydrogens (primary N) is 1. The van der Waals surface area contributed by atoms with E-state index in [1.165, 1.54) is 6.92 Å². The fourth-order valence-corrected chi connectivity index (χ4v) is 7.49. The van der Waals surface area contributed by atoms with Crippen molar-refractivity contribution in [2.75, 3.05) is 13.1 Å². The molecule has 0 spiro atoms. The van der Waals surface area contributed by atoms with Gasteiger partial charge in [0.15, 0.2) is 0 Å². The zero-order valence-corrected chi connectivity index (χ0v) is 32.7. The minimum Gasteiger partial charge on any atom is -0.478 e. The molecule has 3 rings (SSSR count). The standard InChI is InChI=1S/C11H9Br4NO4.C8Br4O3.C3H9NO/c1-3(17)2-16-10(18)4-5(11(19)20)7(13)9(15)8(14)6(4)12;9-3-1-2(8(14)15-7(1)13)4(10)6(12)5(3)11;1-3(5)2-4/h3,17H,2H2,1H3,(H,16,18)(H,19,20);;3,5H,2,4H2,1H3. The summed E-state index contributed by atoms with van der Waals surface area (Å²) in [5, 5.41) is 29.2. The van der Waals surface area contributed by atoms with Gasteiger partial charge >= 0.3 is 17.9 Å². The van der Waals surface area contributed by atoms with Crippen LogP contribution in [-0.2, 0) is 4.74 Å². The number of amides is 1. The first-order valence-electron chi connectivity index (χ1n) is 10.5. The minimum absolute atomic E-state index is 0.0234. The SMILES string of the molecule is CC(O)CN.CC(O)CNC(=O)c1c(Br)c(Br)c(Br)c(Br)c1C(=O)O.O=C1OC(=O)c2c(Br)c(Br)c(Br)c(Br)c21. The summed E-state index contributed by atoms with van der Waals surface area (Å²) in [4.78, 5) is 46.3.